The number of carbonyl (C=O) groups excluding carboxylic acids is 2. The van der Waals surface area contributed by atoms with Gasteiger partial charge in [-0.05, 0) is 28.7 Å². The van der Waals surface area contributed by atoms with Crippen LogP contribution < -0.4 is 10.6 Å². The predicted molar refractivity (Wildman–Crippen MR) is 119 cm³/mol. The number of rotatable bonds is 6. The number of furan rings is 1. The molecule has 0 saturated heterocycles. The fourth-order valence-electron chi connectivity index (χ4n) is 3.28. The molecule has 156 valence electrons. The van der Waals surface area contributed by atoms with Crippen molar-refractivity contribution in [1.82, 2.24) is 10.6 Å². The zero-order valence-electron chi connectivity index (χ0n) is 17.9. The summed E-state index contributed by atoms with van der Waals surface area (Å²) in [4.78, 5) is 24.6. The standard InChI is InChI=1S/C25H28N2O3/c1-25(2,3)23(24(29)26-4)27-22(28)16-20-14-15-21(30-20)19-12-10-18(11-13-19)17-8-6-5-7-9-17/h5-15,23H,16H2,1-4H3,(H,26,29)(H,27,28). The molecule has 5 nitrogen and oxygen atoms in total. The largest absolute Gasteiger partial charge is 0.461 e. The van der Waals surface area contributed by atoms with E-state index >= 15 is 0 Å². The van der Waals surface area contributed by atoms with Gasteiger partial charge in [0.25, 0.3) is 0 Å². The second-order valence-corrected chi connectivity index (χ2v) is 8.37. The summed E-state index contributed by atoms with van der Waals surface area (Å²) in [6.45, 7) is 5.74. The smallest absolute Gasteiger partial charge is 0.242 e. The molecule has 0 radical (unpaired) electrons. The molecule has 0 aliphatic carbocycles. The zero-order valence-corrected chi connectivity index (χ0v) is 17.9. The molecule has 1 heterocycles. The van der Waals surface area contributed by atoms with Gasteiger partial charge in [-0.3, -0.25) is 9.59 Å². The highest BCUT2D eigenvalue weighted by atomic mass is 16.3. The summed E-state index contributed by atoms with van der Waals surface area (Å²) in [5, 5.41) is 5.43. The molecule has 0 aliphatic rings. The minimum Gasteiger partial charge on any atom is -0.461 e. The SMILES string of the molecule is CNC(=O)C(NC(=O)Cc1ccc(-c2ccc(-c3ccccc3)cc2)o1)C(C)(C)C. The van der Waals surface area contributed by atoms with Gasteiger partial charge in [-0.25, -0.2) is 0 Å². The number of nitrogens with one attached hydrogen (secondary N) is 2. The Bertz CT molecular complexity index is 999. The van der Waals surface area contributed by atoms with Crippen molar-refractivity contribution in [2.24, 2.45) is 5.41 Å². The molecule has 5 heteroatoms. The van der Waals surface area contributed by atoms with E-state index < -0.39 is 11.5 Å². The van der Waals surface area contributed by atoms with Gasteiger partial charge < -0.3 is 15.1 Å². The molecule has 3 rings (SSSR count). The van der Waals surface area contributed by atoms with Crippen LogP contribution >= 0.6 is 0 Å². The minimum atomic E-state index is -0.616. The average molecular weight is 405 g/mol. The van der Waals surface area contributed by atoms with Gasteiger partial charge in [-0.1, -0.05) is 75.4 Å². The highest BCUT2D eigenvalue weighted by molar-refractivity contribution is 5.88. The van der Waals surface area contributed by atoms with Gasteiger partial charge in [0.2, 0.25) is 11.8 Å². The topological polar surface area (TPSA) is 71.3 Å². The van der Waals surface area contributed by atoms with Crippen LogP contribution in [0.1, 0.15) is 26.5 Å². The molecule has 2 aromatic carbocycles. The lowest BCUT2D eigenvalue weighted by molar-refractivity contribution is -0.131. The molecule has 1 atom stereocenters. The molecular formula is C25H28N2O3. The van der Waals surface area contributed by atoms with Gasteiger partial charge in [-0.2, -0.15) is 0 Å². The van der Waals surface area contributed by atoms with Crippen molar-refractivity contribution in [3.05, 3.63) is 72.5 Å². The Morgan fingerprint density at radius 1 is 0.867 bits per heavy atom. The van der Waals surface area contributed by atoms with Crippen LogP contribution in [0.2, 0.25) is 0 Å². The van der Waals surface area contributed by atoms with E-state index in [1.54, 1.807) is 13.1 Å². The molecule has 0 saturated carbocycles. The Kier molecular flexibility index (Phi) is 6.40. The summed E-state index contributed by atoms with van der Waals surface area (Å²) in [6, 6.07) is 21.3. The monoisotopic (exact) mass is 404 g/mol. The molecule has 0 bridgehead atoms. The average Bonchev–Trinajstić information content (AvgIpc) is 3.20. The van der Waals surface area contributed by atoms with E-state index in [1.165, 1.54) is 0 Å². The maximum atomic E-state index is 12.5. The van der Waals surface area contributed by atoms with Crippen molar-refractivity contribution in [2.75, 3.05) is 7.05 Å². The van der Waals surface area contributed by atoms with Crippen molar-refractivity contribution in [3.8, 4) is 22.5 Å². The Hall–Kier alpha value is -3.34. The van der Waals surface area contributed by atoms with Crippen LogP contribution in [0.4, 0.5) is 0 Å². The third-order valence-corrected chi connectivity index (χ3v) is 4.95. The molecule has 30 heavy (non-hydrogen) atoms. The lowest BCUT2D eigenvalue weighted by Crippen LogP contribution is -2.53. The number of amides is 2. The van der Waals surface area contributed by atoms with Crippen LogP contribution in [0.5, 0.6) is 0 Å². The number of carbonyl (C=O) groups is 2. The Morgan fingerprint density at radius 2 is 1.47 bits per heavy atom. The lowest BCUT2D eigenvalue weighted by atomic mass is 9.86. The molecular weight excluding hydrogens is 376 g/mol. The van der Waals surface area contributed by atoms with E-state index in [4.69, 9.17) is 4.42 Å². The van der Waals surface area contributed by atoms with Crippen LogP contribution in [-0.4, -0.2) is 24.9 Å². The summed E-state index contributed by atoms with van der Waals surface area (Å²) >= 11 is 0. The quantitative estimate of drug-likeness (QED) is 0.638. The number of likely N-dealkylation sites (N-methyl/N-ethyl adjacent to an activating group) is 1. The van der Waals surface area contributed by atoms with Gasteiger partial charge in [-0.15, -0.1) is 0 Å². The number of benzene rings is 2. The number of hydrogen-bond donors (Lipinski definition) is 2. The zero-order chi connectivity index (χ0) is 21.7. The summed E-state index contributed by atoms with van der Waals surface area (Å²) in [7, 11) is 1.56. The summed E-state index contributed by atoms with van der Waals surface area (Å²) in [5.74, 6) is 0.795. The third kappa shape index (κ3) is 5.17. The lowest BCUT2D eigenvalue weighted by Gasteiger charge is -2.29. The van der Waals surface area contributed by atoms with Gasteiger partial charge >= 0.3 is 0 Å². The first-order chi connectivity index (χ1) is 14.3. The van der Waals surface area contributed by atoms with Crippen molar-refractivity contribution in [1.29, 1.82) is 0 Å². The molecule has 0 spiro atoms. The fraction of sp³-hybridized carbons (Fsp3) is 0.280. The van der Waals surface area contributed by atoms with E-state index in [9.17, 15) is 9.59 Å². The van der Waals surface area contributed by atoms with E-state index in [-0.39, 0.29) is 18.2 Å². The fourth-order valence-corrected chi connectivity index (χ4v) is 3.28. The van der Waals surface area contributed by atoms with Gasteiger partial charge in [0.05, 0.1) is 6.42 Å². The first-order valence-electron chi connectivity index (χ1n) is 10.0. The Balaban J connectivity index is 1.67. The van der Waals surface area contributed by atoms with Crippen molar-refractivity contribution < 1.29 is 14.0 Å². The van der Waals surface area contributed by atoms with Crippen LogP contribution in [0, 0.1) is 5.41 Å². The van der Waals surface area contributed by atoms with Gasteiger partial charge in [0.15, 0.2) is 0 Å². The molecule has 2 N–H and O–H groups in total. The summed E-state index contributed by atoms with van der Waals surface area (Å²) < 4.78 is 5.88. The highest BCUT2D eigenvalue weighted by Crippen LogP contribution is 2.26. The maximum Gasteiger partial charge on any atom is 0.242 e. The van der Waals surface area contributed by atoms with E-state index in [0.29, 0.717) is 11.5 Å². The second kappa shape index (κ2) is 8.99. The Labute approximate surface area is 177 Å². The molecule has 3 aromatic rings. The first kappa shape index (κ1) is 21.4. The predicted octanol–water partition coefficient (Wildman–Crippen LogP) is 4.43. The van der Waals surface area contributed by atoms with E-state index in [1.807, 2.05) is 57.2 Å². The van der Waals surface area contributed by atoms with E-state index in [0.717, 1.165) is 16.7 Å². The van der Waals surface area contributed by atoms with Crippen LogP contribution in [0.3, 0.4) is 0 Å². The summed E-state index contributed by atoms with van der Waals surface area (Å²) in [6.07, 6.45) is 0.0751. The normalized spacial score (nSPS) is 12.3. The van der Waals surface area contributed by atoms with Crippen LogP contribution in [-0.2, 0) is 16.0 Å². The van der Waals surface area contributed by atoms with Crippen molar-refractivity contribution >= 4 is 11.8 Å². The molecule has 2 amide bonds. The van der Waals surface area contributed by atoms with Crippen molar-refractivity contribution in [3.63, 3.8) is 0 Å². The third-order valence-electron chi connectivity index (χ3n) is 4.95. The van der Waals surface area contributed by atoms with Crippen LogP contribution in [0.15, 0.2) is 71.1 Å². The molecule has 1 aromatic heterocycles. The maximum absolute atomic E-state index is 12.5. The van der Waals surface area contributed by atoms with Gasteiger partial charge in [0.1, 0.15) is 17.6 Å². The first-order valence-corrected chi connectivity index (χ1v) is 10.0. The summed E-state index contributed by atoms with van der Waals surface area (Å²) in [5.41, 5.74) is 2.84. The van der Waals surface area contributed by atoms with Gasteiger partial charge in [0, 0.05) is 12.6 Å². The molecule has 0 fully saturated rings. The Morgan fingerprint density at radius 3 is 2.07 bits per heavy atom. The van der Waals surface area contributed by atoms with Crippen molar-refractivity contribution in [2.45, 2.75) is 33.2 Å². The second-order valence-electron chi connectivity index (χ2n) is 8.37. The van der Waals surface area contributed by atoms with E-state index in [2.05, 4.69) is 34.9 Å². The molecule has 0 aliphatic heterocycles. The number of hydrogen-bond acceptors (Lipinski definition) is 3. The highest BCUT2D eigenvalue weighted by Gasteiger charge is 2.32. The molecule has 1 unspecified atom stereocenters. The minimum absolute atomic E-state index is 0.0751. The van der Waals surface area contributed by atoms with Crippen LogP contribution in [0.25, 0.3) is 22.5 Å².